The topological polar surface area (TPSA) is 70.2 Å². The summed E-state index contributed by atoms with van der Waals surface area (Å²) in [4.78, 5) is 24.8. The van der Waals surface area contributed by atoms with Gasteiger partial charge in [0.2, 0.25) is 5.91 Å². The number of carbonyl (C=O) groups is 2. The molecule has 1 fully saturated rings. The number of amides is 2. The molecule has 1 aromatic carbocycles. The van der Waals surface area contributed by atoms with Crippen LogP contribution in [0.1, 0.15) is 44.0 Å². The van der Waals surface area contributed by atoms with E-state index in [2.05, 4.69) is 16.0 Å². The van der Waals surface area contributed by atoms with Crippen molar-refractivity contribution >= 4 is 24.2 Å². The molecule has 0 spiro atoms. The van der Waals surface area contributed by atoms with Gasteiger partial charge in [0.15, 0.2) is 0 Å². The van der Waals surface area contributed by atoms with Crippen molar-refractivity contribution in [2.75, 3.05) is 6.54 Å². The third-order valence-corrected chi connectivity index (χ3v) is 4.40. The van der Waals surface area contributed by atoms with Crippen LogP contribution in [-0.2, 0) is 4.79 Å². The summed E-state index contributed by atoms with van der Waals surface area (Å²) in [7, 11) is 0. The van der Waals surface area contributed by atoms with Crippen LogP contribution in [0.15, 0.2) is 18.2 Å². The van der Waals surface area contributed by atoms with Crippen molar-refractivity contribution in [2.24, 2.45) is 5.92 Å². The normalized spacial score (nSPS) is 20.8. The number of hydrogen-bond acceptors (Lipinski definition) is 3. The molecule has 0 bridgehead atoms. The Labute approximate surface area is 158 Å². The molecule has 3 atom stereocenters. The van der Waals surface area contributed by atoms with Gasteiger partial charge in [0.05, 0.1) is 0 Å². The minimum Gasteiger partial charge on any atom is -0.351 e. The fraction of sp³-hybridized carbons (Fsp3) is 0.556. The zero-order valence-electron chi connectivity index (χ0n) is 15.1. The Hall–Kier alpha value is -1.73. The van der Waals surface area contributed by atoms with Crippen molar-refractivity contribution in [3.05, 3.63) is 35.4 Å². The molecule has 0 aliphatic carbocycles. The lowest BCUT2D eigenvalue weighted by molar-refractivity contribution is -0.124. The lowest BCUT2D eigenvalue weighted by Crippen LogP contribution is -2.54. The van der Waals surface area contributed by atoms with Crippen molar-refractivity contribution in [2.45, 2.75) is 51.7 Å². The van der Waals surface area contributed by atoms with E-state index in [-0.39, 0.29) is 30.3 Å². The maximum Gasteiger partial charge on any atom is 0.257 e. The van der Waals surface area contributed by atoms with E-state index in [0.29, 0.717) is 6.04 Å². The second-order valence-corrected chi connectivity index (χ2v) is 6.88. The number of rotatable bonds is 5. The van der Waals surface area contributed by atoms with Gasteiger partial charge < -0.3 is 16.0 Å². The third-order valence-electron chi connectivity index (χ3n) is 4.40. The number of benzene rings is 1. The summed E-state index contributed by atoms with van der Waals surface area (Å²) in [5.74, 6) is -3.39. The Morgan fingerprint density at radius 3 is 2.38 bits per heavy atom. The summed E-state index contributed by atoms with van der Waals surface area (Å²) in [5, 5.41) is 8.70. The van der Waals surface area contributed by atoms with Crippen LogP contribution < -0.4 is 16.0 Å². The molecule has 0 saturated carbocycles. The molecule has 146 valence electrons. The van der Waals surface area contributed by atoms with Crippen LogP contribution >= 0.6 is 12.4 Å². The summed E-state index contributed by atoms with van der Waals surface area (Å²) >= 11 is 0. The van der Waals surface area contributed by atoms with Gasteiger partial charge in [-0.2, -0.15) is 0 Å². The maximum absolute atomic E-state index is 13.8. The van der Waals surface area contributed by atoms with E-state index < -0.39 is 29.1 Å². The lowest BCUT2D eigenvalue weighted by atomic mass is 9.98. The SMILES string of the molecule is CC1CC(NC(=O)C(NC(=O)c2c(F)cccc2F)C(C)C)CCN1.Cl. The third kappa shape index (κ3) is 5.64. The van der Waals surface area contributed by atoms with E-state index in [4.69, 9.17) is 0 Å². The number of carbonyl (C=O) groups excluding carboxylic acids is 2. The highest BCUT2D eigenvalue weighted by molar-refractivity contribution is 5.98. The largest absolute Gasteiger partial charge is 0.351 e. The maximum atomic E-state index is 13.8. The molecular weight excluding hydrogens is 364 g/mol. The van der Waals surface area contributed by atoms with E-state index in [1.165, 1.54) is 6.07 Å². The van der Waals surface area contributed by atoms with Gasteiger partial charge in [0.25, 0.3) is 5.91 Å². The highest BCUT2D eigenvalue weighted by Gasteiger charge is 2.29. The standard InChI is InChI=1S/C18H25F2N3O2.ClH/c1-10(2)16(18(25)22-12-7-8-21-11(3)9-12)23-17(24)15-13(19)5-4-6-14(15)20;/h4-6,10-12,16,21H,7-9H2,1-3H3,(H,22,25)(H,23,24);1H. The molecule has 1 aliphatic heterocycles. The molecule has 0 radical (unpaired) electrons. The second-order valence-electron chi connectivity index (χ2n) is 6.88. The highest BCUT2D eigenvalue weighted by Crippen LogP contribution is 2.14. The second kappa shape index (κ2) is 9.83. The van der Waals surface area contributed by atoms with Crippen LogP contribution in [-0.4, -0.2) is 36.5 Å². The van der Waals surface area contributed by atoms with Crippen LogP contribution in [0.5, 0.6) is 0 Å². The molecule has 1 saturated heterocycles. The first-order valence-corrected chi connectivity index (χ1v) is 8.58. The summed E-state index contributed by atoms with van der Waals surface area (Å²) in [6.07, 6.45) is 1.60. The van der Waals surface area contributed by atoms with Gasteiger partial charge in [0, 0.05) is 12.1 Å². The van der Waals surface area contributed by atoms with E-state index in [1.54, 1.807) is 13.8 Å². The first-order valence-electron chi connectivity index (χ1n) is 8.58. The molecule has 3 unspecified atom stereocenters. The molecule has 1 heterocycles. The molecule has 1 aromatic rings. The van der Waals surface area contributed by atoms with Gasteiger partial charge in [-0.25, -0.2) is 8.78 Å². The Bertz CT molecular complexity index is 623. The first-order chi connectivity index (χ1) is 11.8. The van der Waals surface area contributed by atoms with Crippen molar-refractivity contribution in [3.8, 4) is 0 Å². The summed E-state index contributed by atoms with van der Waals surface area (Å²) in [5.41, 5.74) is -0.670. The molecular formula is C18H26ClF2N3O2. The van der Waals surface area contributed by atoms with Crippen molar-refractivity contribution < 1.29 is 18.4 Å². The van der Waals surface area contributed by atoms with Gasteiger partial charge in [-0.1, -0.05) is 19.9 Å². The van der Waals surface area contributed by atoms with Gasteiger partial charge >= 0.3 is 0 Å². The average molecular weight is 390 g/mol. The zero-order chi connectivity index (χ0) is 18.6. The quantitative estimate of drug-likeness (QED) is 0.724. The number of hydrogen-bond donors (Lipinski definition) is 3. The predicted molar refractivity (Wildman–Crippen MR) is 98.3 cm³/mol. The fourth-order valence-electron chi connectivity index (χ4n) is 3.02. The Balaban J connectivity index is 0.00000338. The van der Waals surface area contributed by atoms with E-state index >= 15 is 0 Å². The van der Waals surface area contributed by atoms with Crippen LogP contribution in [0.4, 0.5) is 8.78 Å². The minimum atomic E-state index is -0.951. The molecule has 8 heteroatoms. The summed E-state index contributed by atoms with van der Waals surface area (Å²) in [6.45, 7) is 6.40. The van der Waals surface area contributed by atoms with Gasteiger partial charge in [0.1, 0.15) is 23.2 Å². The Morgan fingerprint density at radius 2 is 1.85 bits per heavy atom. The molecule has 2 amide bonds. The van der Waals surface area contributed by atoms with Crippen LogP contribution in [0.2, 0.25) is 0 Å². The average Bonchev–Trinajstić information content (AvgIpc) is 2.52. The van der Waals surface area contributed by atoms with Crippen molar-refractivity contribution in [1.29, 1.82) is 0 Å². The van der Waals surface area contributed by atoms with Crippen LogP contribution in [0.25, 0.3) is 0 Å². The fourth-order valence-corrected chi connectivity index (χ4v) is 3.02. The minimum absolute atomic E-state index is 0. The molecule has 2 rings (SSSR count). The smallest absolute Gasteiger partial charge is 0.257 e. The molecule has 26 heavy (non-hydrogen) atoms. The monoisotopic (exact) mass is 389 g/mol. The van der Waals surface area contributed by atoms with E-state index in [9.17, 15) is 18.4 Å². The molecule has 3 N–H and O–H groups in total. The zero-order valence-corrected chi connectivity index (χ0v) is 16.0. The van der Waals surface area contributed by atoms with Crippen LogP contribution in [0, 0.1) is 17.6 Å². The molecule has 5 nitrogen and oxygen atoms in total. The predicted octanol–water partition coefficient (Wildman–Crippen LogP) is 2.40. The molecule has 1 aliphatic rings. The Kier molecular flexibility index (Phi) is 8.43. The highest BCUT2D eigenvalue weighted by atomic mass is 35.5. The van der Waals surface area contributed by atoms with Crippen molar-refractivity contribution in [3.63, 3.8) is 0 Å². The summed E-state index contributed by atoms with van der Waals surface area (Å²) in [6, 6.07) is 2.67. The van der Waals surface area contributed by atoms with Crippen molar-refractivity contribution in [1.82, 2.24) is 16.0 Å². The lowest BCUT2D eigenvalue weighted by Gasteiger charge is -2.31. The summed E-state index contributed by atoms with van der Waals surface area (Å²) < 4.78 is 27.5. The van der Waals surface area contributed by atoms with Gasteiger partial charge in [-0.3, -0.25) is 9.59 Å². The first kappa shape index (κ1) is 22.3. The van der Waals surface area contributed by atoms with Gasteiger partial charge in [-0.15, -0.1) is 12.4 Å². The number of piperidine rings is 1. The number of nitrogens with one attached hydrogen (secondary N) is 3. The van der Waals surface area contributed by atoms with E-state index in [0.717, 1.165) is 31.5 Å². The molecule has 0 aromatic heterocycles. The van der Waals surface area contributed by atoms with E-state index in [1.807, 2.05) is 6.92 Å². The number of halogens is 3. The van der Waals surface area contributed by atoms with Crippen LogP contribution in [0.3, 0.4) is 0 Å². The Morgan fingerprint density at radius 1 is 1.23 bits per heavy atom. The van der Waals surface area contributed by atoms with Gasteiger partial charge in [-0.05, 0) is 44.4 Å².